The number of carbonyl (C=O) groups is 1. The molecule has 0 aliphatic heterocycles. The molecule has 3 aliphatic rings. The van der Waals surface area contributed by atoms with Crippen molar-refractivity contribution in [3.8, 4) is 0 Å². The molecule has 0 amide bonds. The highest BCUT2D eigenvalue weighted by Crippen LogP contribution is 2.52. The minimum absolute atomic E-state index is 0.124. The van der Waals surface area contributed by atoms with Crippen molar-refractivity contribution < 1.29 is 9.53 Å². The van der Waals surface area contributed by atoms with Crippen molar-refractivity contribution >= 4 is 5.97 Å². The molecule has 2 heteroatoms. The molecule has 0 spiro atoms. The molecule has 2 nitrogen and oxygen atoms in total. The van der Waals surface area contributed by atoms with Gasteiger partial charge in [0.25, 0.3) is 0 Å². The first-order chi connectivity index (χ1) is 8.57. The summed E-state index contributed by atoms with van der Waals surface area (Å²) in [6, 6.07) is 0. The molecule has 18 heavy (non-hydrogen) atoms. The fourth-order valence-electron chi connectivity index (χ4n) is 4.69. The summed E-state index contributed by atoms with van der Waals surface area (Å²) in [7, 11) is 0. The molecule has 4 atom stereocenters. The molecule has 0 aromatic carbocycles. The summed E-state index contributed by atoms with van der Waals surface area (Å²) >= 11 is 0. The molecule has 0 saturated heterocycles. The Morgan fingerprint density at radius 3 is 2.44 bits per heavy atom. The zero-order valence-corrected chi connectivity index (χ0v) is 11.8. The van der Waals surface area contributed by atoms with E-state index in [2.05, 4.69) is 13.8 Å². The van der Waals surface area contributed by atoms with Gasteiger partial charge in [-0.3, -0.25) is 4.79 Å². The first kappa shape index (κ1) is 12.5. The Morgan fingerprint density at radius 1 is 1.11 bits per heavy atom. The van der Waals surface area contributed by atoms with E-state index < -0.39 is 0 Å². The third kappa shape index (κ3) is 2.19. The van der Waals surface area contributed by atoms with Crippen molar-refractivity contribution in [1.29, 1.82) is 0 Å². The summed E-state index contributed by atoms with van der Waals surface area (Å²) in [6.07, 6.45) is 9.59. The molecular weight excluding hydrogens is 224 g/mol. The zero-order chi connectivity index (χ0) is 12.8. The largest absolute Gasteiger partial charge is 0.459 e. The van der Waals surface area contributed by atoms with Crippen molar-refractivity contribution in [3.63, 3.8) is 0 Å². The predicted octanol–water partition coefficient (Wildman–Crippen LogP) is 3.93. The summed E-state index contributed by atoms with van der Waals surface area (Å²) < 4.78 is 5.92. The summed E-state index contributed by atoms with van der Waals surface area (Å²) in [4.78, 5) is 12.4. The Labute approximate surface area is 110 Å². The van der Waals surface area contributed by atoms with E-state index >= 15 is 0 Å². The molecule has 102 valence electrons. The molecule has 0 radical (unpaired) electrons. The first-order valence-corrected chi connectivity index (χ1v) is 7.80. The average Bonchev–Trinajstić information content (AvgIpc) is 2.88. The highest BCUT2D eigenvalue weighted by molar-refractivity contribution is 5.74. The van der Waals surface area contributed by atoms with E-state index in [0.717, 1.165) is 31.1 Å². The second-order valence-electron chi connectivity index (χ2n) is 7.25. The smallest absolute Gasteiger partial charge is 0.309 e. The van der Waals surface area contributed by atoms with Crippen molar-refractivity contribution in [2.75, 3.05) is 0 Å². The van der Waals surface area contributed by atoms with E-state index in [-0.39, 0.29) is 17.5 Å². The lowest BCUT2D eigenvalue weighted by atomic mass is 9.81. The van der Waals surface area contributed by atoms with E-state index in [1.54, 1.807) is 0 Å². The SMILES string of the molecule is CC1CC2CC(C(=O)OC3(C)CCCCC3)C1C2. The van der Waals surface area contributed by atoms with E-state index in [4.69, 9.17) is 4.74 Å². The Hall–Kier alpha value is -0.530. The number of carbonyl (C=O) groups excluding carboxylic acids is 1. The minimum atomic E-state index is -0.152. The number of fused-ring (bicyclic) bond motifs is 2. The van der Waals surface area contributed by atoms with E-state index in [9.17, 15) is 4.79 Å². The molecule has 0 aromatic rings. The summed E-state index contributed by atoms with van der Waals surface area (Å²) in [5, 5.41) is 0. The minimum Gasteiger partial charge on any atom is -0.459 e. The maximum Gasteiger partial charge on any atom is 0.309 e. The third-order valence-electron chi connectivity index (χ3n) is 5.71. The third-order valence-corrected chi connectivity index (χ3v) is 5.71. The standard InChI is InChI=1S/C16H26O2/c1-11-8-12-9-13(11)14(10-12)15(17)18-16(2)6-4-3-5-7-16/h11-14H,3-10H2,1-2H3. The van der Waals surface area contributed by atoms with Gasteiger partial charge in [-0.05, 0) is 69.6 Å². The van der Waals surface area contributed by atoms with Crippen LogP contribution < -0.4 is 0 Å². The van der Waals surface area contributed by atoms with E-state index in [0.29, 0.717) is 5.92 Å². The normalized spacial score (nSPS) is 41.9. The number of hydrogen-bond donors (Lipinski definition) is 0. The van der Waals surface area contributed by atoms with Gasteiger partial charge < -0.3 is 4.74 Å². The zero-order valence-electron chi connectivity index (χ0n) is 11.8. The molecule has 0 N–H and O–H groups in total. The van der Waals surface area contributed by atoms with Crippen molar-refractivity contribution in [2.24, 2.45) is 23.7 Å². The molecule has 4 unspecified atom stereocenters. The van der Waals surface area contributed by atoms with Crippen LogP contribution in [0.1, 0.15) is 65.2 Å². The van der Waals surface area contributed by atoms with Gasteiger partial charge in [0, 0.05) is 0 Å². The van der Waals surface area contributed by atoms with Gasteiger partial charge in [0.2, 0.25) is 0 Å². The molecule has 3 rings (SSSR count). The van der Waals surface area contributed by atoms with E-state index in [1.807, 2.05) is 0 Å². The van der Waals surface area contributed by atoms with Crippen molar-refractivity contribution in [3.05, 3.63) is 0 Å². The highest BCUT2D eigenvalue weighted by Gasteiger charge is 2.49. The highest BCUT2D eigenvalue weighted by atomic mass is 16.6. The summed E-state index contributed by atoms with van der Waals surface area (Å²) in [5.41, 5.74) is -0.152. The van der Waals surface area contributed by atoms with Gasteiger partial charge >= 0.3 is 5.97 Å². The number of rotatable bonds is 2. The Kier molecular flexibility index (Phi) is 3.15. The van der Waals surface area contributed by atoms with Crippen LogP contribution in [0.25, 0.3) is 0 Å². The summed E-state index contributed by atoms with van der Waals surface area (Å²) in [5.74, 6) is 2.51. The van der Waals surface area contributed by atoms with Crippen LogP contribution in [-0.2, 0) is 9.53 Å². The predicted molar refractivity (Wildman–Crippen MR) is 71.1 cm³/mol. The van der Waals surface area contributed by atoms with Crippen LogP contribution in [0, 0.1) is 23.7 Å². The van der Waals surface area contributed by atoms with Crippen LogP contribution in [0.5, 0.6) is 0 Å². The molecule has 0 heterocycles. The molecule has 3 aliphatic carbocycles. The molecule has 2 bridgehead atoms. The van der Waals surface area contributed by atoms with Crippen molar-refractivity contribution in [2.45, 2.75) is 70.8 Å². The van der Waals surface area contributed by atoms with Gasteiger partial charge in [0.05, 0.1) is 5.92 Å². The van der Waals surface area contributed by atoms with Crippen LogP contribution in [0.2, 0.25) is 0 Å². The van der Waals surface area contributed by atoms with Crippen LogP contribution in [0.4, 0.5) is 0 Å². The average molecular weight is 250 g/mol. The second kappa shape index (κ2) is 4.54. The van der Waals surface area contributed by atoms with Gasteiger partial charge in [0.1, 0.15) is 5.60 Å². The maximum absolute atomic E-state index is 12.4. The maximum atomic E-state index is 12.4. The van der Waals surface area contributed by atoms with Crippen LogP contribution in [-0.4, -0.2) is 11.6 Å². The van der Waals surface area contributed by atoms with Crippen molar-refractivity contribution in [1.82, 2.24) is 0 Å². The van der Waals surface area contributed by atoms with Gasteiger partial charge in [-0.2, -0.15) is 0 Å². The van der Waals surface area contributed by atoms with Crippen LogP contribution >= 0.6 is 0 Å². The molecule has 3 saturated carbocycles. The second-order valence-corrected chi connectivity index (χ2v) is 7.25. The van der Waals surface area contributed by atoms with Crippen LogP contribution in [0.15, 0.2) is 0 Å². The van der Waals surface area contributed by atoms with Gasteiger partial charge in [0.15, 0.2) is 0 Å². The lowest BCUT2D eigenvalue weighted by Crippen LogP contribution is -2.38. The number of esters is 1. The lowest BCUT2D eigenvalue weighted by molar-refractivity contribution is -0.168. The monoisotopic (exact) mass is 250 g/mol. The summed E-state index contributed by atoms with van der Waals surface area (Å²) in [6.45, 7) is 4.45. The van der Waals surface area contributed by atoms with Gasteiger partial charge in [-0.1, -0.05) is 13.3 Å². The quantitative estimate of drug-likeness (QED) is 0.694. The number of ether oxygens (including phenoxy) is 1. The topological polar surface area (TPSA) is 26.3 Å². The van der Waals surface area contributed by atoms with Crippen LogP contribution in [0.3, 0.4) is 0 Å². The number of hydrogen-bond acceptors (Lipinski definition) is 2. The Morgan fingerprint density at radius 2 is 1.83 bits per heavy atom. The molecular formula is C16H26O2. The Bertz CT molecular complexity index is 330. The fourth-order valence-corrected chi connectivity index (χ4v) is 4.69. The fraction of sp³-hybridized carbons (Fsp3) is 0.938. The van der Waals surface area contributed by atoms with Gasteiger partial charge in [-0.15, -0.1) is 0 Å². The molecule has 3 fully saturated rings. The lowest BCUT2D eigenvalue weighted by Gasteiger charge is -2.35. The first-order valence-electron chi connectivity index (χ1n) is 7.80. The Balaban J connectivity index is 1.62. The van der Waals surface area contributed by atoms with E-state index in [1.165, 1.54) is 32.1 Å². The molecule has 0 aromatic heterocycles. The van der Waals surface area contributed by atoms with Gasteiger partial charge in [-0.25, -0.2) is 0 Å².